The summed E-state index contributed by atoms with van der Waals surface area (Å²) in [6.45, 7) is 2.02. The molecule has 0 heterocycles. The average Bonchev–Trinajstić information content (AvgIpc) is 2.45. The van der Waals surface area contributed by atoms with Gasteiger partial charge in [0.1, 0.15) is 0 Å². The summed E-state index contributed by atoms with van der Waals surface area (Å²) < 4.78 is 0. The predicted octanol–water partition coefficient (Wildman–Crippen LogP) is 3.26. The molecule has 104 valence electrons. The van der Waals surface area contributed by atoms with Crippen LogP contribution in [0.15, 0.2) is 48.5 Å². The van der Waals surface area contributed by atoms with Crippen LogP contribution in [0.2, 0.25) is 0 Å². The number of nitro groups is 1. The highest BCUT2D eigenvalue weighted by Crippen LogP contribution is 2.24. The van der Waals surface area contributed by atoms with Gasteiger partial charge in [-0.3, -0.25) is 10.1 Å². The van der Waals surface area contributed by atoms with Crippen molar-refractivity contribution >= 4 is 11.4 Å². The molecule has 1 unspecified atom stereocenters. The standard InChI is InChI=1S/C15H16N2O3/c1-11(18)13-7-3-4-8-14(13)16-10-12-6-2-5-9-15(12)17(19)20/h2-9,11,16,18H,10H2,1H3. The van der Waals surface area contributed by atoms with Crippen molar-refractivity contribution in [3.8, 4) is 0 Å². The third-order valence-electron chi connectivity index (χ3n) is 3.07. The van der Waals surface area contributed by atoms with Crippen molar-refractivity contribution in [1.82, 2.24) is 0 Å². The highest BCUT2D eigenvalue weighted by atomic mass is 16.6. The van der Waals surface area contributed by atoms with E-state index in [1.807, 2.05) is 24.3 Å². The highest BCUT2D eigenvalue weighted by molar-refractivity contribution is 5.53. The maximum absolute atomic E-state index is 10.9. The Kier molecular flexibility index (Phi) is 4.32. The molecule has 0 saturated heterocycles. The summed E-state index contributed by atoms with van der Waals surface area (Å²) in [5.74, 6) is 0. The minimum Gasteiger partial charge on any atom is -0.389 e. The zero-order valence-electron chi connectivity index (χ0n) is 11.1. The summed E-state index contributed by atoms with van der Waals surface area (Å²) in [6, 6.07) is 14.0. The topological polar surface area (TPSA) is 75.4 Å². The largest absolute Gasteiger partial charge is 0.389 e. The number of hydrogen-bond acceptors (Lipinski definition) is 4. The van der Waals surface area contributed by atoms with Crippen LogP contribution in [0.4, 0.5) is 11.4 Å². The Morgan fingerprint density at radius 2 is 1.85 bits per heavy atom. The number of aliphatic hydroxyl groups is 1. The molecule has 0 aliphatic heterocycles. The summed E-state index contributed by atoms with van der Waals surface area (Å²) >= 11 is 0. The second-order valence-corrected chi connectivity index (χ2v) is 4.50. The molecule has 0 fully saturated rings. The molecule has 2 aromatic carbocycles. The SMILES string of the molecule is CC(O)c1ccccc1NCc1ccccc1[N+](=O)[O-]. The van der Waals surface area contributed by atoms with E-state index in [0.717, 1.165) is 11.3 Å². The molecule has 0 aromatic heterocycles. The number of para-hydroxylation sites is 2. The molecule has 2 rings (SSSR count). The normalized spacial score (nSPS) is 11.9. The lowest BCUT2D eigenvalue weighted by Crippen LogP contribution is -2.06. The summed E-state index contributed by atoms with van der Waals surface area (Å²) in [5.41, 5.74) is 2.25. The molecule has 2 aromatic rings. The van der Waals surface area contributed by atoms with Crippen LogP contribution < -0.4 is 5.32 Å². The quantitative estimate of drug-likeness (QED) is 0.647. The molecule has 2 N–H and O–H groups in total. The fourth-order valence-corrected chi connectivity index (χ4v) is 2.05. The van der Waals surface area contributed by atoms with E-state index in [2.05, 4.69) is 5.32 Å². The van der Waals surface area contributed by atoms with Gasteiger partial charge in [-0.05, 0) is 13.0 Å². The molecular weight excluding hydrogens is 256 g/mol. The Hall–Kier alpha value is -2.40. The van der Waals surface area contributed by atoms with E-state index in [4.69, 9.17) is 0 Å². The monoisotopic (exact) mass is 272 g/mol. The zero-order chi connectivity index (χ0) is 14.5. The van der Waals surface area contributed by atoms with Crippen molar-refractivity contribution in [2.75, 3.05) is 5.32 Å². The van der Waals surface area contributed by atoms with Gasteiger partial charge in [0.05, 0.1) is 11.0 Å². The van der Waals surface area contributed by atoms with Gasteiger partial charge in [0, 0.05) is 29.4 Å². The first kappa shape index (κ1) is 14.0. The second-order valence-electron chi connectivity index (χ2n) is 4.50. The van der Waals surface area contributed by atoms with Gasteiger partial charge >= 0.3 is 0 Å². The Balaban J connectivity index is 2.20. The van der Waals surface area contributed by atoms with Crippen molar-refractivity contribution in [2.45, 2.75) is 19.6 Å². The number of hydrogen-bond donors (Lipinski definition) is 2. The van der Waals surface area contributed by atoms with Crippen molar-refractivity contribution < 1.29 is 10.0 Å². The van der Waals surface area contributed by atoms with Crippen LogP contribution in [0.25, 0.3) is 0 Å². The number of nitrogens with zero attached hydrogens (tertiary/aromatic N) is 1. The molecule has 5 nitrogen and oxygen atoms in total. The first-order chi connectivity index (χ1) is 9.59. The molecule has 0 saturated carbocycles. The average molecular weight is 272 g/mol. The number of anilines is 1. The molecule has 0 aliphatic rings. The molecule has 5 heteroatoms. The Morgan fingerprint density at radius 3 is 2.55 bits per heavy atom. The van der Waals surface area contributed by atoms with Crippen LogP contribution >= 0.6 is 0 Å². The van der Waals surface area contributed by atoms with Crippen molar-refractivity contribution in [2.24, 2.45) is 0 Å². The van der Waals surface area contributed by atoms with E-state index < -0.39 is 11.0 Å². The number of nitrogens with one attached hydrogen (secondary N) is 1. The summed E-state index contributed by atoms with van der Waals surface area (Å²) in [4.78, 5) is 10.6. The Morgan fingerprint density at radius 1 is 1.20 bits per heavy atom. The molecule has 1 atom stereocenters. The number of benzene rings is 2. The van der Waals surface area contributed by atoms with Crippen molar-refractivity contribution in [3.05, 3.63) is 69.8 Å². The zero-order valence-corrected chi connectivity index (χ0v) is 11.1. The summed E-state index contributed by atoms with van der Waals surface area (Å²) in [5, 5.41) is 23.8. The van der Waals surface area contributed by atoms with E-state index in [9.17, 15) is 15.2 Å². The second kappa shape index (κ2) is 6.16. The first-order valence-corrected chi connectivity index (χ1v) is 6.32. The Bertz CT molecular complexity index is 612. The van der Waals surface area contributed by atoms with E-state index in [1.165, 1.54) is 6.07 Å². The molecule has 20 heavy (non-hydrogen) atoms. The smallest absolute Gasteiger partial charge is 0.274 e. The molecule has 0 bridgehead atoms. The van der Waals surface area contributed by atoms with Gasteiger partial charge in [0.2, 0.25) is 0 Å². The lowest BCUT2D eigenvalue weighted by Gasteiger charge is -2.14. The van der Waals surface area contributed by atoms with Crippen LogP contribution in [0.5, 0.6) is 0 Å². The van der Waals surface area contributed by atoms with Crippen LogP contribution in [-0.4, -0.2) is 10.0 Å². The van der Waals surface area contributed by atoms with Crippen LogP contribution in [-0.2, 0) is 6.54 Å². The maximum atomic E-state index is 10.9. The van der Waals surface area contributed by atoms with Gasteiger partial charge in [-0.15, -0.1) is 0 Å². The molecular formula is C15H16N2O3. The first-order valence-electron chi connectivity index (χ1n) is 6.32. The predicted molar refractivity (Wildman–Crippen MR) is 77.5 cm³/mol. The molecule has 0 radical (unpaired) electrons. The molecule has 0 spiro atoms. The van der Waals surface area contributed by atoms with E-state index >= 15 is 0 Å². The fraction of sp³-hybridized carbons (Fsp3) is 0.200. The van der Waals surface area contributed by atoms with Gasteiger partial charge in [-0.1, -0.05) is 36.4 Å². The van der Waals surface area contributed by atoms with E-state index in [-0.39, 0.29) is 5.69 Å². The van der Waals surface area contributed by atoms with Crippen LogP contribution in [0.1, 0.15) is 24.2 Å². The highest BCUT2D eigenvalue weighted by Gasteiger charge is 2.13. The van der Waals surface area contributed by atoms with E-state index in [1.54, 1.807) is 25.1 Å². The minimum absolute atomic E-state index is 0.0922. The van der Waals surface area contributed by atoms with Gasteiger partial charge in [-0.2, -0.15) is 0 Å². The van der Waals surface area contributed by atoms with Gasteiger partial charge in [-0.25, -0.2) is 0 Å². The maximum Gasteiger partial charge on any atom is 0.274 e. The number of aliphatic hydroxyl groups excluding tert-OH is 1. The van der Waals surface area contributed by atoms with Gasteiger partial charge in [0.15, 0.2) is 0 Å². The van der Waals surface area contributed by atoms with Gasteiger partial charge in [0.25, 0.3) is 5.69 Å². The number of rotatable bonds is 5. The summed E-state index contributed by atoms with van der Waals surface area (Å²) in [7, 11) is 0. The lowest BCUT2D eigenvalue weighted by atomic mass is 10.1. The third-order valence-corrected chi connectivity index (χ3v) is 3.07. The fourth-order valence-electron chi connectivity index (χ4n) is 2.05. The van der Waals surface area contributed by atoms with Crippen LogP contribution in [0.3, 0.4) is 0 Å². The number of nitro benzene ring substituents is 1. The van der Waals surface area contributed by atoms with Crippen molar-refractivity contribution in [1.29, 1.82) is 0 Å². The van der Waals surface area contributed by atoms with Crippen molar-refractivity contribution in [3.63, 3.8) is 0 Å². The summed E-state index contributed by atoms with van der Waals surface area (Å²) in [6.07, 6.45) is -0.593. The Labute approximate surface area is 117 Å². The molecule has 0 amide bonds. The van der Waals surface area contributed by atoms with Crippen LogP contribution in [0, 0.1) is 10.1 Å². The third kappa shape index (κ3) is 3.13. The molecule has 0 aliphatic carbocycles. The van der Waals surface area contributed by atoms with Gasteiger partial charge < -0.3 is 10.4 Å². The van der Waals surface area contributed by atoms with E-state index in [0.29, 0.717) is 12.1 Å². The lowest BCUT2D eigenvalue weighted by molar-refractivity contribution is -0.385. The minimum atomic E-state index is -0.593.